The van der Waals surface area contributed by atoms with Crippen molar-refractivity contribution in [2.75, 3.05) is 4.90 Å². The van der Waals surface area contributed by atoms with Crippen molar-refractivity contribution in [1.29, 1.82) is 0 Å². The molecule has 0 radical (unpaired) electrons. The molecule has 2 aliphatic heterocycles. The maximum atomic E-state index is 2.52. The minimum Gasteiger partial charge on any atom is -0.310 e. The van der Waals surface area contributed by atoms with Crippen LogP contribution >= 0.6 is 11.8 Å². The van der Waals surface area contributed by atoms with Crippen molar-refractivity contribution in [2.45, 2.75) is 15.2 Å². The van der Waals surface area contributed by atoms with Crippen molar-refractivity contribution in [1.82, 2.24) is 4.57 Å². The van der Waals surface area contributed by atoms with Crippen molar-refractivity contribution in [3.05, 3.63) is 216 Å². The average molecular weight is 681 g/mol. The van der Waals surface area contributed by atoms with E-state index in [9.17, 15) is 0 Å². The Morgan fingerprint density at radius 2 is 0.942 bits per heavy atom. The van der Waals surface area contributed by atoms with Crippen LogP contribution in [0.1, 0.15) is 22.3 Å². The van der Waals surface area contributed by atoms with Crippen LogP contribution in [-0.2, 0) is 5.41 Å². The SMILES string of the molecule is c1ccc(-c2ccc(N3c4ccccc4C4(c5ccccc5Sc5ccccc54)c4cc5c(cc43)c3ccccc3n5-c3ccccc3)cc2)cc1. The molecule has 0 bridgehead atoms. The lowest BCUT2D eigenvalue weighted by molar-refractivity contribution is 0.693. The zero-order chi connectivity index (χ0) is 34.2. The molecule has 8 aromatic carbocycles. The zero-order valence-electron chi connectivity index (χ0n) is 28.3. The van der Waals surface area contributed by atoms with E-state index in [4.69, 9.17) is 0 Å². The van der Waals surface area contributed by atoms with Crippen molar-refractivity contribution < 1.29 is 0 Å². The summed E-state index contributed by atoms with van der Waals surface area (Å²) in [5.74, 6) is 0. The predicted molar refractivity (Wildman–Crippen MR) is 217 cm³/mol. The quantitative estimate of drug-likeness (QED) is 0.184. The van der Waals surface area contributed by atoms with Crippen LogP contribution in [-0.4, -0.2) is 4.57 Å². The molecule has 0 aliphatic carbocycles. The second-order valence-electron chi connectivity index (χ2n) is 13.7. The van der Waals surface area contributed by atoms with Crippen LogP contribution in [0.2, 0.25) is 0 Å². The zero-order valence-corrected chi connectivity index (χ0v) is 29.1. The normalized spacial score (nSPS) is 13.8. The Morgan fingerprint density at radius 3 is 1.67 bits per heavy atom. The summed E-state index contributed by atoms with van der Waals surface area (Å²) in [4.78, 5) is 5.10. The van der Waals surface area contributed by atoms with Crippen LogP contribution in [0.5, 0.6) is 0 Å². The summed E-state index contributed by atoms with van der Waals surface area (Å²) in [6.45, 7) is 0. The highest BCUT2D eigenvalue weighted by Gasteiger charge is 2.50. The topological polar surface area (TPSA) is 8.17 Å². The van der Waals surface area contributed by atoms with Gasteiger partial charge >= 0.3 is 0 Å². The summed E-state index contributed by atoms with van der Waals surface area (Å²) in [7, 11) is 0. The maximum Gasteiger partial charge on any atom is 0.0764 e. The first-order valence-electron chi connectivity index (χ1n) is 17.9. The van der Waals surface area contributed by atoms with Gasteiger partial charge in [-0.3, -0.25) is 0 Å². The average Bonchev–Trinajstić information content (AvgIpc) is 3.54. The van der Waals surface area contributed by atoms with E-state index in [-0.39, 0.29) is 0 Å². The van der Waals surface area contributed by atoms with Gasteiger partial charge in [-0.2, -0.15) is 0 Å². The second kappa shape index (κ2) is 11.4. The highest BCUT2D eigenvalue weighted by molar-refractivity contribution is 7.99. The Kier molecular flexibility index (Phi) is 6.43. The lowest BCUT2D eigenvalue weighted by atomic mass is 9.62. The fraction of sp³-hybridized carbons (Fsp3) is 0.0204. The van der Waals surface area contributed by atoms with E-state index < -0.39 is 5.41 Å². The minimum atomic E-state index is -0.545. The van der Waals surface area contributed by atoms with Gasteiger partial charge in [-0.25, -0.2) is 0 Å². The van der Waals surface area contributed by atoms with Crippen LogP contribution in [0, 0.1) is 0 Å². The molecule has 11 rings (SSSR count). The van der Waals surface area contributed by atoms with Crippen LogP contribution in [0.15, 0.2) is 204 Å². The molecule has 0 atom stereocenters. The molecule has 3 heteroatoms. The number of anilines is 3. The number of fused-ring (bicyclic) bond motifs is 11. The highest BCUT2D eigenvalue weighted by atomic mass is 32.2. The van der Waals surface area contributed by atoms with E-state index in [1.807, 2.05) is 11.8 Å². The molecule has 0 fully saturated rings. The molecule has 244 valence electrons. The Morgan fingerprint density at radius 1 is 0.365 bits per heavy atom. The van der Waals surface area contributed by atoms with E-state index in [1.54, 1.807) is 0 Å². The number of aromatic nitrogens is 1. The first-order valence-corrected chi connectivity index (χ1v) is 18.7. The smallest absolute Gasteiger partial charge is 0.0764 e. The van der Waals surface area contributed by atoms with E-state index in [0.717, 1.165) is 11.4 Å². The fourth-order valence-corrected chi connectivity index (χ4v) is 10.1. The minimum absolute atomic E-state index is 0.545. The van der Waals surface area contributed by atoms with E-state index in [2.05, 4.69) is 204 Å². The number of nitrogens with zero attached hydrogens (tertiary/aromatic N) is 2. The molecule has 0 saturated heterocycles. The Hall–Kier alpha value is -6.29. The van der Waals surface area contributed by atoms with Crippen molar-refractivity contribution in [3.63, 3.8) is 0 Å². The molecular formula is C49H32N2S. The van der Waals surface area contributed by atoms with Gasteiger partial charge in [0.15, 0.2) is 0 Å². The van der Waals surface area contributed by atoms with Gasteiger partial charge in [-0.05, 0) is 94.0 Å². The second-order valence-corrected chi connectivity index (χ2v) is 14.8. The molecule has 1 spiro atoms. The van der Waals surface area contributed by atoms with Gasteiger partial charge in [0.2, 0.25) is 0 Å². The molecule has 0 amide bonds. The molecule has 2 nitrogen and oxygen atoms in total. The first-order chi connectivity index (χ1) is 25.8. The third-order valence-corrected chi connectivity index (χ3v) is 12.2. The summed E-state index contributed by atoms with van der Waals surface area (Å²) in [6.07, 6.45) is 0. The lowest BCUT2D eigenvalue weighted by Gasteiger charge is -2.49. The van der Waals surface area contributed by atoms with E-state index >= 15 is 0 Å². The Bertz CT molecular complexity index is 2770. The molecule has 3 heterocycles. The maximum absolute atomic E-state index is 2.52. The lowest BCUT2D eigenvalue weighted by Crippen LogP contribution is -2.39. The Labute approximate surface area is 307 Å². The van der Waals surface area contributed by atoms with Crippen LogP contribution < -0.4 is 4.90 Å². The molecule has 0 saturated carbocycles. The highest BCUT2D eigenvalue weighted by Crippen LogP contribution is 2.63. The summed E-state index contributed by atoms with van der Waals surface area (Å²) < 4.78 is 2.45. The summed E-state index contributed by atoms with van der Waals surface area (Å²) in [5.41, 5.74) is 14.2. The molecule has 1 aromatic heterocycles. The number of rotatable bonds is 3. The summed E-state index contributed by atoms with van der Waals surface area (Å²) >= 11 is 1.88. The molecular weight excluding hydrogens is 649 g/mol. The Balaban J connectivity index is 1.29. The monoisotopic (exact) mass is 680 g/mol. The summed E-state index contributed by atoms with van der Waals surface area (Å²) in [5, 5.41) is 2.49. The third-order valence-electron chi connectivity index (χ3n) is 11.0. The van der Waals surface area contributed by atoms with Gasteiger partial charge in [0.1, 0.15) is 0 Å². The van der Waals surface area contributed by atoms with Gasteiger partial charge in [0.25, 0.3) is 0 Å². The fourth-order valence-electron chi connectivity index (χ4n) is 8.89. The number of hydrogen-bond acceptors (Lipinski definition) is 2. The van der Waals surface area contributed by atoms with E-state index in [0.29, 0.717) is 0 Å². The third kappa shape index (κ3) is 4.08. The van der Waals surface area contributed by atoms with Crippen molar-refractivity contribution >= 4 is 50.6 Å². The van der Waals surface area contributed by atoms with Crippen LogP contribution in [0.4, 0.5) is 17.1 Å². The van der Waals surface area contributed by atoms with Crippen LogP contribution in [0.25, 0.3) is 38.6 Å². The summed E-state index contributed by atoms with van der Waals surface area (Å²) in [6, 6.07) is 71.6. The van der Waals surface area contributed by atoms with Gasteiger partial charge in [-0.15, -0.1) is 0 Å². The number of hydrogen-bond donors (Lipinski definition) is 0. The van der Waals surface area contributed by atoms with Crippen LogP contribution in [0.3, 0.4) is 0 Å². The van der Waals surface area contributed by atoms with E-state index in [1.165, 1.54) is 76.4 Å². The van der Waals surface area contributed by atoms with Crippen molar-refractivity contribution in [2.24, 2.45) is 0 Å². The van der Waals surface area contributed by atoms with Crippen molar-refractivity contribution in [3.8, 4) is 16.8 Å². The standard InChI is InChI=1S/C49H32N2S/c1-3-15-33(16-4-1)34-27-29-36(30-28-34)51-44-24-12-8-20-39(44)49(40-21-9-13-25-47(40)52-48-26-14-10-22-41(48)49)42-32-45-38(31-46(42)51)37-19-7-11-23-43(37)50(45)35-17-5-2-6-18-35/h1-32H. The molecule has 0 N–H and O–H groups in total. The number of benzene rings is 8. The predicted octanol–water partition coefficient (Wildman–Crippen LogP) is 13.1. The molecule has 9 aromatic rings. The molecule has 2 aliphatic rings. The van der Waals surface area contributed by atoms with Gasteiger partial charge in [-0.1, -0.05) is 145 Å². The molecule has 52 heavy (non-hydrogen) atoms. The molecule has 0 unspecified atom stereocenters. The van der Waals surface area contributed by atoms with Gasteiger partial charge in [0, 0.05) is 31.9 Å². The van der Waals surface area contributed by atoms with Gasteiger partial charge in [0.05, 0.1) is 27.8 Å². The first kappa shape index (κ1) is 29.4. The largest absolute Gasteiger partial charge is 0.310 e. The number of para-hydroxylation sites is 3. The van der Waals surface area contributed by atoms with Gasteiger partial charge < -0.3 is 9.47 Å².